The van der Waals surface area contributed by atoms with E-state index in [0.29, 0.717) is 36.6 Å². The highest BCUT2D eigenvalue weighted by Crippen LogP contribution is 2.55. The SMILES string of the molecule is CC[C@@H]1CN(Cc2c[c]cc3c2C=C[SH]3c2cc(OC(F)(F)F)c3c(nnn3C)c2C)Cc2nc(O)ccc2O1. The van der Waals surface area contributed by atoms with Crippen LogP contribution in [0.25, 0.3) is 17.1 Å². The molecule has 0 fully saturated rings. The normalized spacial score (nSPS) is 19.8. The second-order valence-corrected chi connectivity index (χ2v) is 11.9. The fourth-order valence-electron chi connectivity index (χ4n) is 5.32. The van der Waals surface area contributed by atoms with Crippen molar-refractivity contribution >= 4 is 28.0 Å². The minimum atomic E-state index is -4.85. The molecule has 2 aliphatic rings. The van der Waals surface area contributed by atoms with Crippen LogP contribution in [0.2, 0.25) is 0 Å². The topological polar surface area (TPSA) is 85.5 Å². The summed E-state index contributed by atoms with van der Waals surface area (Å²) in [6, 6.07) is 11.9. The summed E-state index contributed by atoms with van der Waals surface area (Å²) in [5.74, 6) is 0.306. The number of hydrogen-bond acceptors (Lipinski definition) is 7. The average Bonchev–Trinajstić information content (AvgIpc) is 3.46. The predicted octanol–water partition coefficient (Wildman–Crippen LogP) is 5.65. The Kier molecular flexibility index (Phi) is 6.62. The molecule has 2 aliphatic heterocycles. The van der Waals surface area contributed by atoms with E-state index in [-0.39, 0.29) is 23.3 Å². The van der Waals surface area contributed by atoms with Crippen LogP contribution in [0.3, 0.4) is 0 Å². The second kappa shape index (κ2) is 10.0. The van der Waals surface area contributed by atoms with Gasteiger partial charge in [-0.3, -0.25) is 4.90 Å². The molecule has 0 aliphatic carbocycles. The standard InChI is InChI=1S/C28H27F3N5O3S/c1-4-18-14-36(15-20-21(38-18)8-9-25(37)32-20)13-17-6-5-7-23-19(17)10-11-40(23)24-12-22(39-28(29,30)31)27-26(16(24)2)33-34-35(27)3/h6-12,18,40H,4,13-15H2,1-3H3,(H,32,37)/t18-/m1/s1. The molecule has 40 heavy (non-hydrogen) atoms. The molecule has 2 aromatic carbocycles. The van der Waals surface area contributed by atoms with Gasteiger partial charge >= 0.3 is 6.36 Å². The fraction of sp³-hybridized carbons (Fsp3) is 0.321. The van der Waals surface area contributed by atoms with Crippen molar-refractivity contribution in [1.29, 1.82) is 0 Å². The largest absolute Gasteiger partial charge is 0.573 e. The first-order chi connectivity index (χ1) is 19.1. The number of rotatable bonds is 5. The molecule has 1 unspecified atom stereocenters. The Balaban J connectivity index is 1.35. The molecule has 8 nitrogen and oxygen atoms in total. The van der Waals surface area contributed by atoms with Gasteiger partial charge in [0.05, 0.1) is 0 Å². The molecule has 0 amide bonds. The Labute approximate surface area is 231 Å². The third kappa shape index (κ3) is 4.86. The Morgan fingerprint density at radius 2 is 2.08 bits per heavy atom. The van der Waals surface area contributed by atoms with Crippen molar-refractivity contribution in [2.75, 3.05) is 6.54 Å². The van der Waals surface area contributed by atoms with Gasteiger partial charge in [0, 0.05) is 42.5 Å². The number of ether oxygens (including phenoxy) is 2. The first-order valence-electron chi connectivity index (χ1n) is 12.8. The van der Waals surface area contributed by atoms with Gasteiger partial charge in [0.1, 0.15) is 28.6 Å². The zero-order valence-electron chi connectivity index (χ0n) is 22.0. The van der Waals surface area contributed by atoms with Crippen LogP contribution >= 0.6 is 10.9 Å². The van der Waals surface area contributed by atoms with E-state index >= 15 is 0 Å². The van der Waals surface area contributed by atoms with Gasteiger partial charge in [-0.25, -0.2) is 9.67 Å². The van der Waals surface area contributed by atoms with Crippen molar-refractivity contribution < 1.29 is 27.8 Å². The highest BCUT2D eigenvalue weighted by atomic mass is 32.2. The van der Waals surface area contributed by atoms with Crippen LogP contribution in [0.4, 0.5) is 13.2 Å². The maximum atomic E-state index is 13.3. The van der Waals surface area contributed by atoms with Gasteiger partial charge in [-0.15, -0.1) is 18.3 Å². The lowest BCUT2D eigenvalue weighted by molar-refractivity contribution is -0.274. The number of pyridine rings is 1. The van der Waals surface area contributed by atoms with Gasteiger partial charge in [-0.05, 0) is 71.9 Å². The number of hydrogen-bond donors (Lipinski definition) is 2. The quantitative estimate of drug-likeness (QED) is 0.300. The van der Waals surface area contributed by atoms with Crippen LogP contribution in [0, 0.1) is 13.0 Å². The summed E-state index contributed by atoms with van der Waals surface area (Å²) in [4.78, 5) is 8.26. The van der Waals surface area contributed by atoms with Gasteiger partial charge in [0.15, 0.2) is 5.75 Å². The molecule has 1 radical (unpaired) electrons. The number of aromatic hydroxyl groups is 1. The number of benzene rings is 2. The molecule has 209 valence electrons. The number of halogens is 3. The molecule has 12 heteroatoms. The lowest BCUT2D eigenvalue weighted by Gasteiger charge is -2.25. The Morgan fingerprint density at radius 3 is 2.85 bits per heavy atom. The van der Waals surface area contributed by atoms with Crippen molar-refractivity contribution in [2.45, 2.75) is 55.6 Å². The molecule has 0 saturated carbocycles. The number of thiol groups is 1. The number of aromatic nitrogens is 4. The minimum Gasteiger partial charge on any atom is -0.493 e. The van der Waals surface area contributed by atoms with Gasteiger partial charge in [-0.1, -0.05) is 12.1 Å². The van der Waals surface area contributed by atoms with Crippen molar-refractivity contribution in [1.82, 2.24) is 24.9 Å². The summed E-state index contributed by atoms with van der Waals surface area (Å²) in [6.45, 7) is 5.69. The van der Waals surface area contributed by atoms with Gasteiger partial charge < -0.3 is 14.6 Å². The number of aryl methyl sites for hydroxylation is 2. The van der Waals surface area contributed by atoms with Crippen LogP contribution in [0.5, 0.6) is 17.4 Å². The van der Waals surface area contributed by atoms with E-state index in [2.05, 4.69) is 43.3 Å². The molecule has 0 saturated heterocycles. The zero-order valence-corrected chi connectivity index (χ0v) is 22.9. The second-order valence-electron chi connectivity index (χ2n) is 9.87. The van der Waals surface area contributed by atoms with E-state index < -0.39 is 17.3 Å². The van der Waals surface area contributed by atoms with Crippen molar-refractivity contribution in [2.24, 2.45) is 7.05 Å². The summed E-state index contributed by atoms with van der Waals surface area (Å²) in [5.41, 5.74) is 4.10. The first-order valence-corrected chi connectivity index (χ1v) is 14.2. The predicted molar refractivity (Wildman–Crippen MR) is 144 cm³/mol. The van der Waals surface area contributed by atoms with Crippen molar-refractivity contribution in [3.05, 3.63) is 64.2 Å². The van der Waals surface area contributed by atoms with Gasteiger partial charge in [-0.2, -0.15) is 10.9 Å². The first kappa shape index (κ1) is 26.5. The summed E-state index contributed by atoms with van der Waals surface area (Å²) < 4.78 is 51.8. The Hall–Kier alpha value is -3.77. The smallest absolute Gasteiger partial charge is 0.493 e. The Morgan fingerprint density at radius 1 is 1.25 bits per heavy atom. The zero-order chi connectivity index (χ0) is 28.2. The average molecular weight is 571 g/mol. The van der Waals surface area contributed by atoms with Gasteiger partial charge in [0.25, 0.3) is 0 Å². The molecule has 0 spiro atoms. The minimum absolute atomic E-state index is 0.0330. The molecule has 0 bridgehead atoms. The fourth-order valence-corrected chi connectivity index (χ4v) is 7.61. The summed E-state index contributed by atoms with van der Waals surface area (Å²) in [6.07, 6.45) is -2.03. The summed E-state index contributed by atoms with van der Waals surface area (Å²) in [5, 5.41) is 20.1. The number of alkyl halides is 3. The van der Waals surface area contributed by atoms with E-state index in [0.717, 1.165) is 32.9 Å². The van der Waals surface area contributed by atoms with Crippen LogP contribution in [0.15, 0.2) is 45.5 Å². The third-order valence-corrected chi connectivity index (χ3v) is 9.52. The van der Waals surface area contributed by atoms with Crippen LogP contribution in [0.1, 0.15) is 35.7 Å². The molecule has 1 N–H and O–H groups in total. The molecule has 6 rings (SSSR count). The molecular weight excluding hydrogens is 543 g/mol. The molecule has 2 aromatic heterocycles. The summed E-state index contributed by atoms with van der Waals surface area (Å²) in [7, 11) is 0.416. The van der Waals surface area contributed by atoms with E-state index in [1.807, 2.05) is 25.1 Å². The Bertz CT molecular complexity index is 1640. The number of fused-ring (bicyclic) bond motifs is 3. The van der Waals surface area contributed by atoms with Gasteiger partial charge in [0.2, 0.25) is 5.88 Å². The molecule has 2 atom stereocenters. The van der Waals surface area contributed by atoms with E-state index in [9.17, 15) is 18.3 Å². The van der Waals surface area contributed by atoms with Crippen molar-refractivity contribution in [3.63, 3.8) is 0 Å². The lowest BCUT2D eigenvalue weighted by atomic mass is 10.1. The maximum Gasteiger partial charge on any atom is 0.573 e. The highest BCUT2D eigenvalue weighted by molar-refractivity contribution is 8.20. The number of nitrogens with zero attached hydrogens (tertiary/aromatic N) is 5. The van der Waals surface area contributed by atoms with E-state index in [1.54, 1.807) is 13.1 Å². The molecule has 4 aromatic rings. The van der Waals surface area contributed by atoms with Crippen LogP contribution < -0.4 is 9.47 Å². The van der Waals surface area contributed by atoms with E-state index in [4.69, 9.17) is 4.74 Å². The summed E-state index contributed by atoms with van der Waals surface area (Å²) >= 11 is 0. The molecular formula is C28H27F3N5O3S. The lowest BCUT2D eigenvalue weighted by Crippen LogP contribution is -2.32. The van der Waals surface area contributed by atoms with Crippen LogP contribution in [-0.2, 0) is 20.1 Å². The molecule has 4 heterocycles. The highest BCUT2D eigenvalue weighted by Gasteiger charge is 2.34. The van der Waals surface area contributed by atoms with E-state index in [1.165, 1.54) is 16.8 Å². The monoisotopic (exact) mass is 570 g/mol. The third-order valence-electron chi connectivity index (χ3n) is 7.20. The van der Waals surface area contributed by atoms with Crippen molar-refractivity contribution in [3.8, 4) is 17.4 Å². The maximum absolute atomic E-state index is 13.3. The van der Waals surface area contributed by atoms with Crippen LogP contribution in [-0.4, -0.2) is 49.0 Å².